The number of ether oxygens (including phenoxy) is 2. The van der Waals surface area contributed by atoms with Gasteiger partial charge in [-0.1, -0.05) is 115 Å². The van der Waals surface area contributed by atoms with Crippen molar-refractivity contribution >= 4 is 5.91 Å². The molecular weight excluding hydrogens is 556 g/mol. The third-order valence-corrected chi connectivity index (χ3v) is 8.14. The number of unbranched alkanes of at least 4 members (excludes halogenated alkanes) is 19. The highest BCUT2D eigenvalue weighted by Gasteiger charge is 2.48. The Bertz CT molecular complexity index is 817. The van der Waals surface area contributed by atoms with Gasteiger partial charge in [0.2, 0.25) is 0 Å². The van der Waals surface area contributed by atoms with Gasteiger partial charge in [-0.05, 0) is 50.5 Å². The first-order chi connectivity index (χ1) is 21.5. The fraction of sp³-hybridized carbons (Fsp3) is 0.861. The first-order valence-electron chi connectivity index (χ1n) is 17.8. The van der Waals surface area contributed by atoms with E-state index in [2.05, 4.69) is 35.9 Å². The molecule has 5 atom stereocenters. The van der Waals surface area contributed by atoms with Crippen LogP contribution >= 0.6 is 0 Å². The summed E-state index contributed by atoms with van der Waals surface area (Å²) in [5.41, 5.74) is 5.51. The van der Waals surface area contributed by atoms with Gasteiger partial charge in [0.05, 0.1) is 0 Å². The van der Waals surface area contributed by atoms with Crippen molar-refractivity contribution in [2.75, 3.05) is 19.7 Å². The predicted molar refractivity (Wildman–Crippen MR) is 177 cm³/mol. The van der Waals surface area contributed by atoms with E-state index in [0.717, 1.165) is 83.6 Å². The highest BCUT2D eigenvalue weighted by Crippen LogP contribution is 2.25. The number of carbonyl (C=O) groups is 1. The van der Waals surface area contributed by atoms with Crippen molar-refractivity contribution in [2.45, 2.75) is 179 Å². The van der Waals surface area contributed by atoms with E-state index in [9.17, 15) is 20.1 Å². The van der Waals surface area contributed by atoms with Gasteiger partial charge in [0, 0.05) is 26.0 Å². The van der Waals surface area contributed by atoms with E-state index in [4.69, 9.17) is 15.2 Å². The Morgan fingerprint density at radius 2 is 1.25 bits per heavy atom. The summed E-state index contributed by atoms with van der Waals surface area (Å²) in [6.45, 7) is 3.83. The number of hydrogen-bond donors (Lipinski definition) is 5. The third-order valence-electron chi connectivity index (χ3n) is 8.14. The first-order valence-corrected chi connectivity index (χ1v) is 17.8. The molecule has 8 nitrogen and oxygen atoms in total. The van der Waals surface area contributed by atoms with Gasteiger partial charge in [0.25, 0.3) is 5.91 Å². The molecule has 1 amide bonds. The molecule has 6 N–H and O–H groups in total. The Balaban J connectivity index is 1.99. The Kier molecular flexibility index (Phi) is 26.4. The average Bonchev–Trinajstić information content (AvgIpc) is 3.31. The molecule has 0 spiro atoms. The van der Waals surface area contributed by atoms with Gasteiger partial charge < -0.3 is 35.8 Å². The van der Waals surface area contributed by atoms with E-state index in [1.54, 1.807) is 0 Å². The lowest BCUT2D eigenvalue weighted by Gasteiger charge is -2.20. The summed E-state index contributed by atoms with van der Waals surface area (Å²) in [5.74, 6) is 11.7. The third kappa shape index (κ3) is 20.4. The summed E-state index contributed by atoms with van der Waals surface area (Å²) in [6, 6.07) is 0. The summed E-state index contributed by atoms with van der Waals surface area (Å²) in [4.78, 5) is 12.4. The summed E-state index contributed by atoms with van der Waals surface area (Å²) in [5, 5.41) is 33.6. The quantitative estimate of drug-likeness (QED) is 0.0605. The van der Waals surface area contributed by atoms with Gasteiger partial charge in [-0.3, -0.25) is 4.79 Å². The normalized spacial score (nSPS) is 20.0. The molecule has 0 aromatic carbocycles. The minimum Gasteiger partial charge on any atom is -0.387 e. The minimum atomic E-state index is -1.57. The molecular formula is C36H64N2O6. The second kappa shape index (κ2) is 28.8. The van der Waals surface area contributed by atoms with Crippen LogP contribution in [0.2, 0.25) is 0 Å². The zero-order chi connectivity index (χ0) is 32.1. The number of nitrogens with two attached hydrogens (primary N) is 1. The van der Waals surface area contributed by atoms with Crippen LogP contribution in [0, 0.1) is 23.7 Å². The zero-order valence-electron chi connectivity index (χ0n) is 27.7. The SMILES string of the molecule is CCCCCCCCO[C@@H]1O[C@H]([C@H](O)C(=O)NCCCCCCCCCC#CC#CCCCCCCCCCN)[C@H](O)[C@H]1O. The molecule has 8 heteroatoms. The maximum absolute atomic E-state index is 12.4. The molecule has 0 aromatic rings. The predicted octanol–water partition coefficient (Wildman–Crippen LogP) is 5.49. The standard InChI is InChI=1S/C36H64N2O6/c1-2-3-4-5-24-27-30-43-36-32(40)31(39)34(44-36)33(41)35(42)38-29-26-23-21-19-17-15-13-11-9-7-6-8-10-12-14-16-18-20-22-25-28-37/h31-34,36,39-41H,2-5,10-30,37H2,1H3,(H,38,42)/t31-,32-,33+,34+,36-/m1/s1. The van der Waals surface area contributed by atoms with Gasteiger partial charge >= 0.3 is 0 Å². The van der Waals surface area contributed by atoms with Gasteiger partial charge in [-0.15, -0.1) is 0 Å². The average molecular weight is 621 g/mol. The van der Waals surface area contributed by atoms with Crippen molar-refractivity contribution in [3.05, 3.63) is 0 Å². The van der Waals surface area contributed by atoms with E-state index in [0.29, 0.717) is 13.2 Å². The van der Waals surface area contributed by atoms with Crippen LogP contribution in [0.5, 0.6) is 0 Å². The fourth-order valence-electron chi connectivity index (χ4n) is 5.29. The van der Waals surface area contributed by atoms with Gasteiger partial charge in [0.1, 0.15) is 18.3 Å². The number of aliphatic hydroxyl groups is 3. The van der Waals surface area contributed by atoms with Crippen LogP contribution in [-0.2, 0) is 14.3 Å². The fourth-order valence-corrected chi connectivity index (χ4v) is 5.29. The number of aliphatic hydroxyl groups excluding tert-OH is 3. The number of nitrogens with one attached hydrogen (secondary N) is 1. The highest BCUT2D eigenvalue weighted by atomic mass is 16.7. The van der Waals surface area contributed by atoms with Crippen LogP contribution in [0.1, 0.15) is 148 Å². The van der Waals surface area contributed by atoms with Crippen LogP contribution in [0.25, 0.3) is 0 Å². The summed E-state index contributed by atoms with van der Waals surface area (Å²) < 4.78 is 11.1. The molecule has 0 radical (unpaired) electrons. The van der Waals surface area contributed by atoms with Crippen LogP contribution in [0.15, 0.2) is 0 Å². The Labute approximate surface area is 268 Å². The molecule has 0 unspecified atom stereocenters. The van der Waals surface area contributed by atoms with Gasteiger partial charge in [0.15, 0.2) is 12.4 Å². The molecule has 1 fully saturated rings. The van der Waals surface area contributed by atoms with Crippen LogP contribution in [-0.4, -0.2) is 71.6 Å². The van der Waals surface area contributed by atoms with Crippen molar-refractivity contribution in [1.29, 1.82) is 0 Å². The second-order valence-electron chi connectivity index (χ2n) is 12.2. The molecule has 1 rings (SSSR count). The van der Waals surface area contributed by atoms with E-state index >= 15 is 0 Å². The molecule has 1 aliphatic heterocycles. The Morgan fingerprint density at radius 3 is 1.82 bits per heavy atom. The first kappa shape index (κ1) is 40.4. The molecule has 0 aromatic heterocycles. The summed E-state index contributed by atoms with van der Waals surface area (Å²) in [7, 11) is 0. The Morgan fingerprint density at radius 1 is 0.750 bits per heavy atom. The molecule has 254 valence electrons. The molecule has 0 saturated carbocycles. The molecule has 0 bridgehead atoms. The van der Waals surface area contributed by atoms with Gasteiger partial charge in [-0.25, -0.2) is 0 Å². The topological polar surface area (TPSA) is 134 Å². The van der Waals surface area contributed by atoms with Gasteiger partial charge in [-0.2, -0.15) is 0 Å². The van der Waals surface area contributed by atoms with Crippen molar-refractivity contribution < 1.29 is 29.6 Å². The van der Waals surface area contributed by atoms with Crippen molar-refractivity contribution in [1.82, 2.24) is 5.32 Å². The van der Waals surface area contributed by atoms with Crippen molar-refractivity contribution in [3.8, 4) is 23.7 Å². The molecule has 1 heterocycles. The van der Waals surface area contributed by atoms with E-state index in [1.165, 1.54) is 64.2 Å². The minimum absolute atomic E-state index is 0.399. The maximum Gasteiger partial charge on any atom is 0.251 e. The highest BCUT2D eigenvalue weighted by molar-refractivity contribution is 5.81. The van der Waals surface area contributed by atoms with Crippen molar-refractivity contribution in [3.63, 3.8) is 0 Å². The second-order valence-corrected chi connectivity index (χ2v) is 12.2. The Hall–Kier alpha value is -1.65. The number of amides is 1. The lowest BCUT2D eigenvalue weighted by Crippen LogP contribution is -2.47. The van der Waals surface area contributed by atoms with E-state index in [-0.39, 0.29) is 0 Å². The van der Waals surface area contributed by atoms with E-state index < -0.39 is 36.6 Å². The summed E-state index contributed by atoms with van der Waals surface area (Å²) in [6.07, 6.45) is 18.2. The smallest absolute Gasteiger partial charge is 0.251 e. The lowest BCUT2D eigenvalue weighted by atomic mass is 10.1. The van der Waals surface area contributed by atoms with E-state index in [1.807, 2.05) is 0 Å². The number of carbonyl (C=O) groups excluding carboxylic acids is 1. The molecule has 1 saturated heterocycles. The molecule has 1 aliphatic rings. The molecule has 0 aliphatic carbocycles. The lowest BCUT2D eigenvalue weighted by molar-refractivity contribution is -0.181. The van der Waals surface area contributed by atoms with Crippen LogP contribution in [0.4, 0.5) is 0 Å². The monoisotopic (exact) mass is 620 g/mol. The summed E-state index contributed by atoms with van der Waals surface area (Å²) >= 11 is 0. The number of hydrogen-bond acceptors (Lipinski definition) is 7. The van der Waals surface area contributed by atoms with Crippen molar-refractivity contribution in [2.24, 2.45) is 5.73 Å². The maximum atomic E-state index is 12.4. The number of rotatable bonds is 27. The van der Waals surface area contributed by atoms with Crippen LogP contribution < -0.4 is 11.1 Å². The largest absolute Gasteiger partial charge is 0.387 e. The molecule has 44 heavy (non-hydrogen) atoms. The van der Waals surface area contributed by atoms with Crippen LogP contribution in [0.3, 0.4) is 0 Å². The zero-order valence-corrected chi connectivity index (χ0v) is 27.7.